The highest BCUT2D eigenvalue weighted by Crippen LogP contribution is 2.21. The van der Waals surface area contributed by atoms with Gasteiger partial charge in [-0.1, -0.05) is 30.3 Å². The van der Waals surface area contributed by atoms with Crippen molar-refractivity contribution in [2.24, 2.45) is 0 Å². The van der Waals surface area contributed by atoms with E-state index in [2.05, 4.69) is 16.3 Å². The quantitative estimate of drug-likeness (QED) is 0.682. The lowest BCUT2D eigenvalue weighted by Crippen LogP contribution is -2.35. The molecule has 0 bridgehead atoms. The van der Waals surface area contributed by atoms with E-state index in [9.17, 15) is 9.59 Å². The van der Waals surface area contributed by atoms with Crippen LogP contribution in [0.2, 0.25) is 0 Å². The summed E-state index contributed by atoms with van der Waals surface area (Å²) in [6.07, 6.45) is 0.838. The van der Waals surface area contributed by atoms with Crippen LogP contribution < -0.4 is 10.2 Å². The molecule has 0 atom stereocenters. The number of benzene rings is 3. The molecule has 2 amide bonds. The zero-order chi connectivity index (χ0) is 22.3. The highest BCUT2D eigenvalue weighted by atomic mass is 16.2. The minimum absolute atomic E-state index is 0.0874. The van der Waals surface area contributed by atoms with E-state index in [1.54, 1.807) is 24.3 Å². The van der Waals surface area contributed by atoms with E-state index in [0.29, 0.717) is 42.0 Å². The molecule has 1 aliphatic rings. The molecule has 0 aliphatic carbocycles. The van der Waals surface area contributed by atoms with Crippen molar-refractivity contribution in [2.45, 2.75) is 6.42 Å². The lowest BCUT2D eigenvalue weighted by Gasteiger charge is -2.24. The molecule has 0 radical (unpaired) electrons. The maximum Gasteiger partial charge on any atom is 0.256 e. The van der Waals surface area contributed by atoms with Crippen molar-refractivity contribution < 1.29 is 9.59 Å². The minimum atomic E-state index is -0.242. The van der Waals surface area contributed by atoms with E-state index in [1.807, 2.05) is 59.5 Å². The fourth-order valence-corrected chi connectivity index (χ4v) is 3.86. The first-order chi connectivity index (χ1) is 15.7. The molecular formula is C26H24N4O2. The van der Waals surface area contributed by atoms with E-state index >= 15 is 0 Å². The molecule has 6 heteroatoms. The molecular weight excluding hydrogens is 400 g/mol. The second-order valence-corrected chi connectivity index (χ2v) is 7.66. The summed E-state index contributed by atoms with van der Waals surface area (Å²) in [4.78, 5) is 30.0. The first kappa shape index (κ1) is 21.1. The van der Waals surface area contributed by atoms with E-state index in [4.69, 9.17) is 5.26 Å². The largest absolute Gasteiger partial charge is 0.370 e. The van der Waals surface area contributed by atoms with Crippen LogP contribution in [0.5, 0.6) is 0 Å². The van der Waals surface area contributed by atoms with Gasteiger partial charge < -0.3 is 15.1 Å². The van der Waals surface area contributed by atoms with Crippen LogP contribution >= 0.6 is 0 Å². The Kier molecular flexibility index (Phi) is 6.47. The van der Waals surface area contributed by atoms with Gasteiger partial charge in [0.1, 0.15) is 0 Å². The SMILES string of the molecule is N#Cc1ccc(N2CCCN(C(=O)c3ccccc3NC(=O)c3ccccc3)CC2)cc1. The standard InChI is InChI=1S/C26H24N4O2/c27-19-20-11-13-22(14-12-20)29-15-6-16-30(18-17-29)26(32)23-9-4-5-10-24(23)28-25(31)21-7-2-1-3-8-21/h1-5,7-14H,6,15-18H2,(H,28,31). The van der Waals surface area contributed by atoms with Crippen molar-refractivity contribution in [1.29, 1.82) is 5.26 Å². The molecule has 0 unspecified atom stereocenters. The van der Waals surface area contributed by atoms with Gasteiger partial charge in [-0.2, -0.15) is 5.26 Å². The number of carbonyl (C=O) groups excluding carboxylic acids is 2. The maximum atomic E-state index is 13.3. The molecule has 4 rings (SSSR count). The lowest BCUT2D eigenvalue weighted by molar-refractivity contribution is 0.0768. The normalized spacial score (nSPS) is 13.7. The Bertz CT molecular complexity index is 1140. The van der Waals surface area contributed by atoms with E-state index in [1.165, 1.54) is 0 Å². The Balaban J connectivity index is 1.46. The van der Waals surface area contributed by atoms with Crippen molar-refractivity contribution in [2.75, 3.05) is 36.4 Å². The third-order valence-corrected chi connectivity index (χ3v) is 5.59. The molecule has 0 spiro atoms. The molecule has 1 heterocycles. The number of para-hydroxylation sites is 1. The summed E-state index contributed by atoms with van der Waals surface area (Å²) in [5.74, 6) is -0.329. The van der Waals surface area contributed by atoms with Crippen LogP contribution in [-0.4, -0.2) is 42.9 Å². The van der Waals surface area contributed by atoms with Gasteiger partial charge in [0.2, 0.25) is 0 Å². The molecule has 3 aromatic rings. The number of hydrogen-bond acceptors (Lipinski definition) is 4. The molecule has 32 heavy (non-hydrogen) atoms. The van der Waals surface area contributed by atoms with Crippen LogP contribution in [0.1, 0.15) is 32.7 Å². The van der Waals surface area contributed by atoms with Gasteiger partial charge in [-0.05, 0) is 55.0 Å². The maximum absolute atomic E-state index is 13.3. The van der Waals surface area contributed by atoms with Crippen LogP contribution in [0.15, 0.2) is 78.9 Å². The number of amides is 2. The van der Waals surface area contributed by atoms with E-state index in [0.717, 1.165) is 18.7 Å². The summed E-state index contributed by atoms with van der Waals surface area (Å²) in [7, 11) is 0. The van der Waals surface area contributed by atoms with Crippen molar-refractivity contribution in [3.63, 3.8) is 0 Å². The van der Waals surface area contributed by atoms with Crippen LogP contribution in [0, 0.1) is 11.3 Å². The first-order valence-electron chi connectivity index (χ1n) is 10.7. The van der Waals surface area contributed by atoms with Gasteiger partial charge in [0.15, 0.2) is 0 Å². The Morgan fingerprint density at radius 3 is 2.28 bits per heavy atom. The molecule has 160 valence electrons. The number of anilines is 2. The lowest BCUT2D eigenvalue weighted by atomic mass is 10.1. The van der Waals surface area contributed by atoms with Crippen molar-refractivity contribution in [3.05, 3.63) is 95.6 Å². The van der Waals surface area contributed by atoms with Crippen molar-refractivity contribution in [3.8, 4) is 6.07 Å². The fourth-order valence-electron chi connectivity index (χ4n) is 3.86. The van der Waals surface area contributed by atoms with Crippen LogP contribution in [-0.2, 0) is 0 Å². The molecule has 0 saturated carbocycles. The van der Waals surface area contributed by atoms with Gasteiger partial charge >= 0.3 is 0 Å². The molecule has 6 nitrogen and oxygen atoms in total. The number of nitrogens with zero attached hydrogens (tertiary/aromatic N) is 3. The Morgan fingerprint density at radius 2 is 1.53 bits per heavy atom. The molecule has 1 saturated heterocycles. The van der Waals surface area contributed by atoms with Gasteiger partial charge in [0.05, 0.1) is 22.9 Å². The number of hydrogen-bond donors (Lipinski definition) is 1. The summed E-state index contributed by atoms with van der Waals surface area (Å²) in [6, 6.07) is 25.8. The van der Waals surface area contributed by atoms with Crippen LogP contribution in [0.4, 0.5) is 11.4 Å². The minimum Gasteiger partial charge on any atom is -0.370 e. The summed E-state index contributed by atoms with van der Waals surface area (Å²) < 4.78 is 0. The monoisotopic (exact) mass is 424 g/mol. The number of nitrogens with one attached hydrogen (secondary N) is 1. The third-order valence-electron chi connectivity index (χ3n) is 5.59. The fraction of sp³-hybridized carbons (Fsp3) is 0.192. The van der Waals surface area contributed by atoms with Crippen molar-refractivity contribution in [1.82, 2.24) is 4.90 Å². The second kappa shape index (κ2) is 9.80. The number of rotatable bonds is 4. The average Bonchev–Trinajstić information content (AvgIpc) is 3.11. The van der Waals surface area contributed by atoms with Gasteiger partial charge in [-0.25, -0.2) is 0 Å². The smallest absolute Gasteiger partial charge is 0.256 e. The van der Waals surface area contributed by atoms with E-state index < -0.39 is 0 Å². The third kappa shape index (κ3) is 4.79. The summed E-state index contributed by atoms with van der Waals surface area (Å²) >= 11 is 0. The van der Waals surface area contributed by atoms with Gasteiger partial charge in [0.25, 0.3) is 11.8 Å². The molecule has 0 aromatic heterocycles. The first-order valence-corrected chi connectivity index (χ1v) is 10.7. The Labute approximate surface area is 187 Å². The molecule has 1 aliphatic heterocycles. The van der Waals surface area contributed by atoms with Crippen LogP contribution in [0.25, 0.3) is 0 Å². The number of nitriles is 1. The molecule has 1 fully saturated rings. The summed E-state index contributed by atoms with van der Waals surface area (Å²) in [5, 5.41) is 11.9. The zero-order valence-electron chi connectivity index (χ0n) is 17.7. The highest BCUT2D eigenvalue weighted by molar-refractivity contribution is 6.09. The second-order valence-electron chi connectivity index (χ2n) is 7.66. The summed E-state index contributed by atoms with van der Waals surface area (Å²) in [5.41, 5.74) is 3.23. The average molecular weight is 425 g/mol. The zero-order valence-corrected chi connectivity index (χ0v) is 17.7. The summed E-state index contributed by atoms with van der Waals surface area (Å²) in [6.45, 7) is 2.77. The Morgan fingerprint density at radius 1 is 0.812 bits per heavy atom. The molecule has 3 aromatic carbocycles. The van der Waals surface area contributed by atoms with Crippen molar-refractivity contribution >= 4 is 23.2 Å². The van der Waals surface area contributed by atoms with Crippen LogP contribution in [0.3, 0.4) is 0 Å². The number of carbonyl (C=O) groups is 2. The highest BCUT2D eigenvalue weighted by Gasteiger charge is 2.23. The topological polar surface area (TPSA) is 76.4 Å². The van der Waals surface area contributed by atoms with E-state index in [-0.39, 0.29) is 11.8 Å². The van der Waals surface area contributed by atoms with Gasteiger partial charge in [0, 0.05) is 37.4 Å². The van der Waals surface area contributed by atoms with Gasteiger partial charge in [-0.3, -0.25) is 9.59 Å². The Hall–Kier alpha value is -4.11. The predicted molar refractivity (Wildman–Crippen MR) is 125 cm³/mol. The van der Waals surface area contributed by atoms with Gasteiger partial charge in [-0.15, -0.1) is 0 Å². The molecule has 1 N–H and O–H groups in total. The predicted octanol–water partition coefficient (Wildman–Crippen LogP) is 4.16.